The molecule has 276 valence electrons. The number of ether oxygens (including phenoxy) is 1. The van der Waals surface area contributed by atoms with Gasteiger partial charge in [-0.25, -0.2) is 14.2 Å². The third-order valence-corrected chi connectivity index (χ3v) is 14.5. The molecule has 0 radical (unpaired) electrons. The van der Waals surface area contributed by atoms with Gasteiger partial charge >= 0.3 is 12.2 Å². The van der Waals surface area contributed by atoms with Gasteiger partial charge in [-0.2, -0.15) is 13.2 Å². The highest BCUT2D eigenvalue weighted by Gasteiger charge is 2.51. The summed E-state index contributed by atoms with van der Waals surface area (Å²) < 4.78 is 68.7. The van der Waals surface area contributed by atoms with Gasteiger partial charge in [0.1, 0.15) is 11.6 Å². The van der Waals surface area contributed by atoms with Gasteiger partial charge in [-0.15, -0.1) is 0 Å². The molecule has 0 bridgehead atoms. The molecule has 0 spiro atoms. The first kappa shape index (κ1) is 38.8. The van der Waals surface area contributed by atoms with Crippen LogP contribution in [-0.2, 0) is 4.43 Å². The number of rotatable bonds is 10. The van der Waals surface area contributed by atoms with E-state index < -0.39 is 55.4 Å². The molecule has 2 heterocycles. The molecule has 3 aromatic carbocycles. The van der Waals surface area contributed by atoms with Gasteiger partial charge in [0.2, 0.25) is 0 Å². The smallest absolute Gasteiger partial charge is 0.425 e. The average molecular weight is 757 g/mol. The summed E-state index contributed by atoms with van der Waals surface area (Å²) in [6, 6.07) is 22.2. The van der Waals surface area contributed by atoms with Gasteiger partial charge in [0, 0.05) is 18.8 Å². The lowest BCUT2D eigenvalue weighted by Crippen LogP contribution is -2.67. The predicted octanol–water partition coefficient (Wildman–Crippen LogP) is 8.34. The van der Waals surface area contributed by atoms with E-state index in [9.17, 15) is 22.8 Å². The van der Waals surface area contributed by atoms with Crippen LogP contribution in [0.2, 0.25) is 10.2 Å². The van der Waals surface area contributed by atoms with Gasteiger partial charge in [-0.1, -0.05) is 93.0 Å². The molecule has 1 fully saturated rings. The molecular formula is C38H41ClF4N4O4Si. The molecule has 0 saturated carbocycles. The average Bonchev–Trinajstić information content (AvgIpc) is 3.57. The molecule has 2 N–H and O–H groups in total. The SMILES string of the molecule is Cc1ccnc(Cl)c1NC(=O)c1cc(F)c(NC(=O)N2CCC[C@@H]2CO[Si](c2ccccc2)(c2ccccc2)C(C)(C)C)cc1OC(C)C(F)(F)F. The van der Waals surface area contributed by atoms with Gasteiger partial charge in [0.05, 0.1) is 29.6 Å². The highest BCUT2D eigenvalue weighted by atomic mass is 35.5. The molecule has 5 rings (SSSR count). The number of nitrogens with zero attached hydrogens (tertiary/aromatic N) is 2. The minimum atomic E-state index is -4.80. The number of aromatic nitrogens is 1. The van der Waals surface area contributed by atoms with E-state index in [4.69, 9.17) is 20.8 Å². The normalized spacial score (nSPS) is 15.7. The maximum Gasteiger partial charge on any atom is 0.425 e. The van der Waals surface area contributed by atoms with Gasteiger partial charge in [0.15, 0.2) is 11.3 Å². The Morgan fingerprint density at radius 2 is 1.62 bits per heavy atom. The summed E-state index contributed by atoms with van der Waals surface area (Å²) in [5, 5.41) is 6.77. The maximum atomic E-state index is 15.7. The van der Waals surface area contributed by atoms with Crippen molar-refractivity contribution in [3.63, 3.8) is 0 Å². The molecule has 1 unspecified atom stereocenters. The zero-order valence-corrected chi connectivity index (χ0v) is 31.2. The number of pyridine rings is 1. The Balaban J connectivity index is 1.42. The summed E-state index contributed by atoms with van der Waals surface area (Å²) in [5.74, 6) is -2.64. The van der Waals surface area contributed by atoms with Gasteiger partial charge in [-0.3, -0.25) is 4.79 Å². The zero-order chi connectivity index (χ0) is 37.8. The first-order chi connectivity index (χ1) is 24.5. The number of anilines is 2. The lowest BCUT2D eigenvalue weighted by atomic mass is 10.1. The van der Waals surface area contributed by atoms with Gasteiger partial charge in [0.25, 0.3) is 14.2 Å². The van der Waals surface area contributed by atoms with Gasteiger partial charge in [-0.05, 0) is 59.8 Å². The predicted molar refractivity (Wildman–Crippen MR) is 197 cm³/mol. The number of urea groups is 1. The van der Waals surface area contributed by atoms with Crippen LogP contribution in [0.1, 0.15) is 56.5 Å². The van der Waals surface area contributed by atoms with Crippen LogP contribution >= 0.6 is 11.6 Å². The monoisotopic (exact) mass is 756 g/mol. The number of carbonyl (C=O) groups is 2. The number of aryl methyl sites for hydroxylation is 1. The summed E-state index contributed by atoms with van der Waals surface area (Å²) in [4.78, 5) is 32.5. The van der Waals surface area contributed by atoms with Crippen molar-refractivity contribution >= 4 is 53.6 Å². The van der Waals surface area contributed by atoms with Crippen LogP contribution in [0.15, 0.2) is 85.1 Å². The van der Waals surface area contributed by atoms with E-state index in [1.807, 2.05) is 36.4 Å². The zero-order valence-electron chi connectivity index (χ0n) is 29.5. The molecule has 1 aliphatic rings. The largest absolute Gasteiger partial charge is 0.480 e. The van der Waals surface area contributed by atoms with E-state index in [1.54, 1.807) is 17.9 Å². The summed E-state index contributed by atoms with van der Waals surface area (Å²) in [6.45, 7) is 9.39. The summed E-state index contributed by atoms with van der Waals surface area (Å²) >= 11 is 6.13. The number of likely N-dealkylation sites (tertiary alicyclic amines) is 1. The van der Waals surface area contributed by atoms with E-state index in [-0.39, 0.29) is 28.5 Å². The van der Waals surface area contributed by atoms with Crippen molar-refractivity contribution in [3.8, 4) is 5.75 Å². The van der Waals surface area contributed by atoms with E-state index in [1.165, 1.54) is 6.20 Å². The van der Waals surface area contributed by atoms with Crippen molar-refractivity contribution in [1.29, 1.82) is 0 Å². The van der Waals surface area contributed by atoms with Crippen LogP contribution < -0.4 is 25.7 Å². The van der Waals surface area contributed by atoms with Crippen LogP contribution in [-0.4, -0.2) is 61.6 Å². The molecular weight excluding hydrogens is 716 g/mol. The minimum Gasteiger partial charge on any atom is -0.480 e. The highest BCUT2D eigenvalue weighted by molar-refractivity contribution is 6.99. The molecule has 8 nitrogen and oxygen atoms in total. The van der Waals surface area contributed by atoms with Crippen LogP contribution in [0, 0.1) is 12.7 Å². The van der Waals surface area contributed by atoms with Crippen molar-refractivity contribution in [2.45, 2.75) is 70.8 Å². The number of alkyl halides is 3. The Morgan fingerprint density at radius 1 is 1.00 bits per heavy atom. The fraction of sp³-hybridized carbons (Fsp3) is 0.342. The third kappa shape index (κ3) is 8.27. The van der Waals surface area contributed by atoms with Crippen molar-refractivity contribution in [2.75, 3.05) is 23.8 Å². The number of carbonyl (C=O) groups excluding carboxylic acids is 2. The second-order valence-electron chi connectivity index (χ2n) is 13.8. The van der Waals surface area contributed by atoms with E-state index in [0.717, 1.165) is 29.4 Å². The number of hydrogen-bond donors (Lipinski definition) is 2. The lowest BCUT2D eigenvalue weighted by molar-refractivity contribution is -0.189. The van der Waals surface area contributed by atoms with Crippen LogP contribution in [0.4, 0.5) is 33.7 Å². The van der Waals surface area contributed by atoms with Crippen molar-refractivity contribution in [3.05, 3.63) is 107 Å². The second kappa shape index (κ2) is 15.6. The van der Waals surface area contributed by atoms with Gasteiger partial charge < -0.3 is 24.7 Å². The molecule has 1 aromatic heterocycles. The van der Waals surface area contributed by atoms with Crippen molar-refractivity contribution < 1.29 is 36.3 Å². The Labute approximate surface area is 306 Å². The molecule has 1 aliphatic heterocycles. The topological polar surface area (TPSA) is 92.8 Å². The quantitative estimate of drug-likeness (QED) is 0.0965. The number of benzene rings is 3. The van der Waals surface area contributed by atoms with Crippen molar-refractivity contribution in [1.82, 2.24) is 9.88 Å². The van der Waals surface area contributed by atoms with Crippen LogP contribution in [0.3, 0.4) is 0 Å². The Kier molecular flexibility index (Phi) is 11.7. The van der Waals surface area contributed by atoms with Crippen LogP contribution in [0.5, 0.6) is 5.75 Å². The molecule has 14 heteroatoms. The Morgan fingerprint density at radius 3 is 2.17 bits per heavy atom. The number of halogens is 5. The lowest BCUT2D eigenvalue weighted by Gasteiger charge is -2.44. The second-order valence-corrected chi connectivity index (χ2v) is 18.4. The number of hydrogen-bond acceptors (Lipinski definition) is 5. The fourth-order valence-electron chi connectivity index (χ4n) is 6.48. The summed E-state index contributed by atoms with van der Waals surface area (Å²) in [5.41, 5.74) is -0.381. The molecule has 1 saturated heterocycles. The number of nitrogens with one attached hydrogen (secondary N) is 2. The first-order valence-electron chi connectivity index (χ1n) is 16.8. The molecule has 3 amide bonds. The Bertz CT molecular complexity index is 1830. The summed E-state index contributed by atoms with van der Waals surface area (Å²) in [7, 11) is -2.93. The molecule has 4 aromatic rings. The minimum absolute atomic E-state index is 0.0667. The maximum absolute atomic E-state index is 15.7. The third-order valence-electron chi connectivity index (χ3n) is 9.22. The van der Waals surface area contributed by atoms with Crippen molar-refractivity contribution in [2.24, 2.45) is 0 Å². The number of amides is 3. The molecule has 0 aliphatic carbocycles. The molecule has 2 atom stereocenters. The van der Waals surface area contributed by atoms with E-state index >= 15 is 4.39 Å². The van der Waals surface area contributed by atoms with E-state index in [2.05, 4.69) is 60.7 Å². The summed E-state index contributed by atoms with van der Waals surface area (Å²) in [6.07, 6.45) is -4.46. The first-order valence-corrected chi connectivity index (χ1v) is 19.1. The van der Waals surface area contributed by atoms with Crippen LogP contribution in [0.25, 0.3) is 0 Å². The highest BCUT2D eigenvalue weighted by Crippen LogP contribution is 2.38. The van der Waals surface area contributed by atoms with E-state index in [0.29, 0.717) is 24.9 Å². The Hall–Kier alpha value is -4.46. The fourth-order valence-corrected chi connectivity index (χ4v) is 11.3. The molecule has 52 heavy (non-hydrogen) atoms. The standard InChI is InChI=1S/C38H41ClF4N4O4Si/c1-24-18-19-44-34(39)33(24)46-35(48)29-21-30(40)31(22-32(29)51-25(2)38(41,42)43)45-36(49)47-20-12-13-26(47)23-50-52(37(3,4)5,27-14-8-6-9-15-27)28-16-10-7-11-17-28/h6-11,14-19,21-22,25-26H,12-13,20,23H2,1-5H3,(H,45,49)(H,46,48)/t25?,26-/m1/s1.